The van der Waals surface area contributed by atoms with Crippen molar-refractivity contribution in [2.24, 2.45) is 0 Å². The molecule has 0 saturated heterocycles. The maximum atomic E-state index is 12.0. The van der Waals surface area contributed by atoms with Crippen molar-refractivity contribution >= 4 is 16.9 Å². The van der Waals surface area contributed by atoms with Crippen LogP contribution >= 0.6 is 0 Å². The minimum Gasteiger partial charge on any atom is -0.358 e. The van der Waals surface area contributed by atoms with Crippen LogP contribution in [0.5, 0.6) is 0 Å². The number of nitrogens with zero attached hydrogens (tertiary/aromatic N) is 2. The van der Waals surface area contributed by atoms with E-state index in [9.17, 15) is 4.79 Å². The molecular formula is C21H16N4O. The Morgan fingerprint density at radius 3 is 2.81 bits per heavy atom. The second-order valence-corrected chi connectivity index (χ2v) is 6.41. The molecule has 4 heterocycles. The van der Waals surface area contributed by atoms with Gasteiger partial charge in [-0.25, -0.2) is 9.97 Å². The number of fused-ring (bicyclic) bond motifs is 2. The first kappa shape index (κ1) is 14.8. The third kappa shape index (κ3) is 2.45. The zero-order valence-corrected chi connectivity index (χ0v) is 14.0. The maximum Gasteiger partial charge on any atom is 0.253 e. The summed E-state index contributed by atoms with van der Waals surface area (Å²) in [6.07, 6.45) is 2.59. The van der Waals surface area contributed by atoms with Gasteiger partial charge in [0, 0.05) is 41.5 Å². The van der Waals surface area contributed by atoms with Crippen molar-refractivity contribution in [3.63, 3.8) is 0 Å². The molecule has 5 nitrogen and oxygen atoms in total. The van der Waals surface area contributed by atoms with Gasteiger partial charge >= 0.3 is 0 Å². The quantitative estimate of drug-likeness (QED) is 0.586. The van der Waals surface area contributed by atoms with Gasteiger partial charge in [-0.3, -0.25) is 4.79 Å². The fourth-order valence-electron chi connectivity index (χ4n) is 3.41. The minimum absolute atomic E-state index is 0.00725. The summed E-state index contributed by atoms with van der Waals surface area (Å²) in [6.45, 7) is 0.680. The molecule has 5 rings (SSSR count). The molecular weight excluding hydrogens is 324 g/mol. The molecule has 126 valence electrons. The summed E-state index contributed by atoms with van der Waals surface area (Å²) in [5.41, 5.74) is 6.37. The van der Waals surface area contributed by atoms with E-state index in [-0.39, 0.29) is 5.91 Å². The number of amides is 1. The molecule has 0 bridgehead atoms. The van der Waals surface area contributed by atoms with Gasteiger partial charge in [0.15, 0.2) is 5.65 Å². The van der Waals surface area contributed by atoms with Crippen molar-refractivity contribution < 1.29 is 4.79 Å². The van der Waals surface area contributed by atoms with Crippen molar-refractivity contribution in [3.8, 4) is 22.5 Å². The molecule has 0 aliphatic carbocycles. The average Bonchev–Trinajstić information content (AvgIpc) is 3.14. The van der Waals surface area contributed by atoms with Crippen LogP contribution in [0.1, 0.15) is 16.1 Å². The molecule has 0 radical (unpaired) electrons. The van der Waals surface area contributed by atoms with Crippen LogP contribution in [0.4, 0.5) is 0 Å². The van der Waals surface area contributed by atoms with Crippen LogP contribution in [-0.2, 0) is 6.42 Å². The van der Waals surface area contributed by atoms with Crippen LogP contribution in [0.15, 0.2) is 60.8 Å². The lowest BCUT2D eigenvalue weighted by Crippen LogP contribution is -2.31. The highest BCUT2D eigenvalue weighted by molar-refractivity contribution is 5.97. The number of rotatable bonds is 2. The van der Waals surface area contributed by atoms with Gasteiger partial charge in [-0.1, -0.05) is 18.2 Å². The van der Waals surface area contributed by atoms with E-state index in [0.29, 0.717) is 6.54 Å². The van der Waals surface area contributed by atoms with E-state index in [0.717, 1.165) is 51.2 Å². The summed E-state index contributed by atoms with van der Waals surface area (Å²) in [7, 11) is 0. The monoisotopic (exact) mass is 340 g/mol. The second-order valence-electron chi connectivity index (χ2n) is 6.41. The van der Waals surface area contributed by atoms with Crippen molar-refractivity contribution in [3.05, 3.63) is 72.1 Å². The van der Waals surface area contributed by atoms with Gasteiger partial charge in [0.05, 0.1) is 11.3 Å². The average molecular weight is 340 g/mol. The van der Waals surface area contributed by atoms with Gasteiger partial charge in [0.2, 0.25) is 0 Å². The SMILES string of the molecule is O=C1NCCc2[nH]c(-c3cccc(-c4ccc5cccnc5n4)c3)cc21. The molecule has 5 heteroatoms. The van der Waals surface area contributed by atoms with E-state index in [1.54, 1.807) is 6.20 Å². The molecule has 0 unspecified atom stereocenters. The number of benzene rings is 1. The molecule has 0 fully saturated rings. The van der Waals surface area contributed by atoms with Crippen molar-refractivity contribution in [2.75, 3.05) is 6.54 Å². The van der Waals surface area contributed by atoms with Crippen LogP contribution in [0, 0.1) is 0 Å². The largest absolute Gasteiger partial charge is 0.358 e. The van der Waals surface area contributed by atoms with Crippen LogP contribution in [0.2, 0.25) is 0 Å². The van der Waals surface area contributed by atoms with Crippen molar-refractivity contribution in [2.45, 2.75) is 6.42 Å². The molecule has 26 heavy (non-hydrogen) atoms. The van der Waals surface area contributed by atoms with Crippen molar-refractivity contribution in [1.29, 1.82) is 0 Å². The van der Waals surface area contributed by atoms with E-state index < -0.39 is 0 Å². The molecule has 0 saturated carbocycles. The summed E-state index contributed by atoms with van der Waals surface area (Å²) in [6, 6.07) is 18.1. The number of nitrogens with one attached hydrogen (secondary N) is 2. The highest BCUT2D eigenvalue weighted by atomic mass is 16.1. The Kier molecular flexibility index (Phi) is 3.31. The smallest absolute Gasteiger partial charge is 0.253 e. The standard InChI is InChI=1S/C21H16N4O/c26-21-16-12-19(24-18(16)8-10-23-21)15-4-1-3-14(11-15)17-7-6-13-5-2-9-22-20(13)25-17/h1-7,9,11-12,24H,8,10H2,(H,23,26). The second kappa shape index (κ2) is 5.81. The molecule has 3 aromatic heterocycles. The fraction of sp³-hybridized carbons (Fsp3) is 0.0952. The topological polar surface area (TPSA) is 70.7 Å². The fourth-order valence-corrected chi connectivity index (χ4v) is 3.41. The Labute approximate surface area is 150 Å². The van der Waals surface area contributed by atoms with E-state index in [1.807, 2.05) is 48.5 Å². The van der Waals surface area contributed by atoms with Gasteiger partial charge in [-0.05, 0) is 42.0 Å². The molecule has 1 aliphatic rings. The third-order valence-electron chi connectivity index (χ3n) is 4.74. The maximum absolute atomic E-state index is 12.0. The first-order chi connectivity index (χ1) is 12.8. The summed E-state index contributed by atoms with van der Waals surface area (Å²) >= 11 is 0. The first-order valence-corrected chi connectivity index (χ1v) is 8.60. The van der Waals surface area contributed by atoms with E-state index >= 15 is 0 Å². The summed E-state index contributed by atoms with van der Waals surface area (Å²) in [5, 5.41) is 3.90. The molecule has 1 amide bonds. The third-order valence-corrected chi connectivity index (χ3v) is 4.74. The number of hydrogen-bond donors (Lipinski definition) is 2. The predicted octanol–water partition coefficient (Wildman–Crippen LogP) is 3.58. The predicted molar refractivity (Wildman–Crippen MR) is 101 cm³/mol. The molecule has 4 aromatic rings. The number of aromatic nitrogens is 3. The lowest BCUT2D eigenvalue weighted by atomic mass is 10.0. The zero-order valence-electron chi connectivity index (χ0n) is 14.0. The summed E-state index contributed by atoms with van der Waals surface area (Å²) < 4.78 is 0. The Hall–Kier alpha value is -3.47. The Morgan fingerprint density at radius 2 is 1.88 bits per heavy atom. The lowest BCUT2D eigenvalue weighted by Gasteiger charge is -2.11. The highest BCUT2D eigenvalue weighted by Gasteiger charge is 2.20. The zero-order chi connectivity index (χ0) is 17.5. The number of aromatic amines is 1. The minimum atomic E-state index is -0.00725. The Balaban J connectivity index is 1.57. The van der Waals surface area contributed by atoms with Crippen LogP contribution < -0.4 is 5.32 Å². The van der Waals surface area contributed by atoms with Gasteiger partial charge in [0.25, 0.3) is 5.91 Å². The van der Waals surface area contributed by atoms with E-state index in [1.165, 1.54) is 0 Å². The normalized spacial score (nSPS) is 13.5. The highest BCUT2D eigenvalue weighted by Crippen LogP contribution is 2.28. The van der Waals surface area contributed by atoms with Crippen molar-refractivity contribution in [1.82, 2.24) is 20.3 Å². The summed E-state index contributed by atoms with van der Waals surface area (Å²) in [5.74, 6) is -0.00725. The Bertz CT molecular complexity index is 1150. The molecule has 2 N–H and O–H groups in total. The van der Waals surface area contributed by atoms with E-state index in [2.05, 4.69) is 26.3 Å². The molecule has 0 atom stereocenters. The number of H-pyrrole nitrogens is 1. The first-order valence-electron chi connectivity index (χ1n) is 8.60. The van der Waals surface area contributed by atoms with Gasteiger partial charge in [0.1, 0.15) is 0 Å². The van der Waals surface area contributed by atoms with Crippen LogP contribution in [0.25, 0.3) is 33.5 Å². The number of pyridine rings is 2. The lowest BCUT2D eigenvalue weighted by molar-refractivity contribution is 0.0946. The van der Waals surface area contributed by atoms with Gasteiger partial charge in [-0.15, -0.1) is 0 Å². The Morgan fingerprint density at radius 1 is 0.962 bits per heavy atom. The molecule has 1 aliphatic heterocycles. The van der Waals surface area contributed by atoms with E-state index in [4.69, 9.17) is 0 Å². The number of hydrogen-bond acceptors (Lipinski definition) is 3. The summed E-state index contributed by atoms with van der Waals surface area (Å²) in [4.78, 5) is 24.4. The van der Waals surface area contributed by atoms with Gasteiger partial charge in [-0.2, -0.15) is 0 Å². The molecule has 0 spiro atoms. The van der Waals surface area contributed by atoms with Gasteiger partial charge < -0.3 is 10.3 Å². The molecule has 1 aromatic carbocycles. The van der Waals surface area contributed by atoms with Crippen LogP contribution in [0.3, 0.4) is 0 Å². The number of carbonyl (C=O) groups is 1. The number of carbonyl (C=O) groups excluding carboxylic acids is 1. The van der Waals surface area contributed by atoms with Crippen LogP contribution in [-0.4, -0.2) is 27.4 Å².